The molecule has 0 aromatic heterocycles. The molecule has 2 aliphatic rings. The first-order chi connectivity index (χ1) is 10.6. The van der Waals surface area contributed by atoms with Crippen LogP contribution in [0.1, 0.15) is 37.3 Å². The maximum Gasteiger partial charge on any atom is 0.228 e. The minimum atomic E-state index is -0.141. The van der Waals surface area contributed by atoms with Gasteiger partial charge < -0.3 is 10.2 Å². The highest BCUT2D eigenvalue weighted by Crippen LogP contribution is 2.41. The van der Waals surface area contributed by atoms with E-state index in [0.717, 1.165) is 49.2 Å². The van der Waals surface area contributed by atoms with E-state index in [1.807, 2.05) is 30.0 Å². The number of carbonyl (C=O) groups is 2. The number of nitrogens with zero attached hydrogens (tertiary/aromatic N) is 1. The molecule has 1 aliphatic carbocycles. The van der Waals surface area contributed by atoms with Crippen LogP contribution >= 0.6 is 0 Å². The monoisotopic (exact) mass is 300 g/mol. The number of amides is 2. The first-order valence-electron chi connectivity index (χ1n) is 8.30. The molecule has 0 radical (unpaired) electrons. The van der Waals surface area contributed by atoms with Gasteiger partial charge in [-0.05, 0) is 43.7 Å². The SMILES string of the molecule is CCc1cccc(C)c1NC(=O)C1CC1C(=O)N1CCCC1. The maximum absolute atomic E-state index is 12.4. The average Bonchev–Trinajstić information content (AvgIpc) is 3.13. The molecule has 1 heterocycles. The second-order valence-electron chi connectivity index (χ2n) is 6.43. The molecule has 1 aromatic rings. The van der Waals surface area contributed by atoms with Gasteiger partial charge in [-0.25, -0.2) is 0 Å². The Balaban J connectivity index is 1.63. The van der Waals surface area contributed by atoms with Crippen LogP contribution in [-0.2, 0) is 16.0 Å². The summed E-state index contributed by atoms with van der Waals surface area (Å²) in [6.45, 7) is 5.82. The first kappa shape index (κ1) is 15.1. The van der Waals surface area contributed by atoms with Crippen LogP contribution in [0.3, 0.4) is 0 Å². The topological polar surface area (TPSA) is 49.4 Å². The summed E-state index contributed by atoms with van der Waals surface area (Å²) in [5.74, 6) is -0.0516. The van der Waals surface area contributed by atoms with Crippen molar-refractivity contribution in [2.45, 2.75) is 39.5 Å². The molecule has 1 aromatic carbocycles. The highest BCUT2D eigenvalue weighted by Gasteiger charge is 2.49. The smallest absolute Gasteiger partial charge is 0.228 e. The molecule has 1 N–H and O–H groups in total. The Kier molecular flexibility index (Phi) is 4.19. The van der Waals surface area contributed by atoms with Crippen LogP contribution in [0.2, 0.25) is 0 Å². The summed E-state index contributed by atoms with van der Waals surface area (Å²) in [5, 5.41) is 3.06. The number of likely N-dealkylation sites (tertiary alicyclic amines) is 1. The van der Waals surface area contributed by atoms with Crippen molar-refractivity contribution in [2.75, 3.05) is 18.4 Å². The van der Waals surface area contributed by atoms with E-state index in [9.17, 15) is 9.59 Å². The third-order valence-electron chi connectivity index (χ3n) is 4.85. The van der Waals surface area contributed by atoms with Gasteiger partial charge in [0.1, 0.15) is 0 Å². The number of hydrogen-bond donors (Lipinski definition) is 1. The lowest BCUT2D eigenvalue weighted by Gasteiger charge is -2.15. The highest BCUT2D eigenvalue weighted by molar-refractivity contribution is 6.00. The number of hydrogen-bond acceptors (Lipinski definition) is 2. The zero-order valence-electron chi connectivity index (χ0n) is 13.4. The third-order valence-corrected chi connectivity index (χ3v) is 4.85. The number of rotatable bonds is 4. The first-order valence-corrected chi connectivity index (χ1v) is 8.30. The summed E-state index contributed by atoms with van der Waals surface area (Å²) in [6.07, 6.45) is 3.78. The summed E-state index contributed by atoms with van der Waals surface area (Å²) < 4.78 is 0. The summed E-state index contributed by atoms with van der Waals surface area (Å²) in [4.78, 5) is 26.7. The predicted octanol–water partition coefficient (Wildman–Crippen LogP) is 2.75. The highest BCUT2D eigenvalue weighted by atomic mass is 16.2. The molecule has 4 nitrogen and oxygen atoms in total. The molecule has 2 fully saturated rings. The third kappa shape index (κ3) is 2.87. The van der Waals surface area contributed by atoms with Gasteiger partial charge in [-0.15, -0.1) is 0 Å². The van der Waals surface area contributed by atoms with E-state index in [1.165, 1.54) is 0 Å². The average molecular weight is 300 g/mol. The van der Waals surface area contributed by atoms with E-state index in [1.54, 1.807) is 0 Å². The minimum Gasteiger partial charge on any atom is -0.342 e. The van der Waals surface area contributed by atoms with Gasteiger partial charge in [-0.2, -0.15) is 0 Å². The van der Waals surface area contributed by atoms with E-state index in [0.29, 0.717) is 6.42 Å². The van der Waals surface area contributed by atoms with Gasteiger partial charge in [0, 0.05) is 18.8 Å². The van der Waals surface area contributed by atoms with E-state index in [4.69, 9.17) is 0 Å². The number of para-hydroxylation sites is 1. The Bertz CT molecular complexity index is 591. The fourth-order valence-electron chi connectivity index (χ4n) is 3.35. The molecule has 118 valence electrons. The number of anilines is 1. The van der Waals surface area contributed by atoms with E-state index >= 15 is 0 Å². The summed E-state index contributed by atoms with van der Waals surface area (Å²) in [6, 6.07) is 6.07. The minimum absolute atomic E-state index is 0.00143. The van der Waals surface area contributed by atoms with Crippen LogP contribution in [0, 0.1) is 18.8 Å². The molecule has 2 unspecified atom stereocenters. The second-order valence-corrected chi connectivity index (χ2v) is 6.43. The van der Waals surface area contributed by atoms with Gasteiger partial charge >= 0.3 is 0 Å². The van der Waals surface area contributed by atoms with E-state index in [2.05, 4.69) is 12.2 Å². The van der Waals surface area contributed by atoms with E-state index < -0.39 is 0 Å². The van der Waals surface area contributed by atoms with Crippen molar-refractivity contribution in [3.8, 4) is 0 Å². The lowest BCUT2D eigenvalue weighted by Crippen LogP contribution is -2.30. The molecule has 1 aliphatic heterocycles. The largest absolute Gasteiger partial charge is 0.342 e. The van der Waals surface area contributed by atoms with Crippen LogP contribution in [0.5, 0.6) is 0 Å². The fraction of sp³-hybridized carbons (Fsp3) is 0.556. The zero-order chi connectivity index (χ0) is 15.7. The molecule has 0 bridgehead atoms. The molecular weight excluding hydrogens is 276 g/mol. The molecule has 3 rings (SSSR count). The van der Waals surface area contributed by atoms with E-state index in [-0.39, 0.29) is 23.7 Å². The maximum atomic E-state index is 12.4. The lowest BCUT2D eigenvalue weighted by atomic mass is 10.1. The van der Waals surface area contributed by atoms with Gasteiger partial charge in [-0.3, -0.25) is 9.59 Å². The number of nitrogens with one attached hydrogen (secondary N) is 1. The predicted molar refractivity (Wildman–Crippen MR) is 86.6 cm³/mol. The Morgan fingerprint density at radius 2 is 1.95 bits per heavy atom. The zero-order valence-corrected chi connectivity index (χ0v) is 13.4. The molecule has 4 heteroatoms. The molecule has 22 heavy (non-hydrogen) atoms. The van der Waals surface area contributed by atoms with Crippen molar-refractivity contribution >= 4 is 17.5 Å². The lowest BCUT2D eigenvalue weighted by molar-refractivity contribution is -0.133. The van der Waals surface area contributed by atoms with Crippen molar-refractivity contribution in [3.05, 3.63) is 29.3 Å². The number of carbonyl (C=O) groups excluding carboxylic acids is 2. The summed E-state index contributed by atoms with van der Waals surface area (Å²) >= 11 is 0. The van der Waals surface area contributed by atoms with Crippen molar-refractivity contribution in [1.29, 1.82) is 0 Å². The molecule has 0 spiro atoms. The Hall–Kier alpha value is -1.84. The Morgan fingerprint density at radius 3 is 2.64 bits per heavy atom. The van der Waals surface area contributed by atoms with Crippen molar-refractivity contribution in [1.82, 2.24) is 4.90 Å². The van der Waals surface area contributed by atoms with Crippen LogP contribution < -0.4 is 5.32 Å². The van der Waals surface area contributed by atoms with Crippen LogP contribution in [-0.4, -0.2) is 29.8 Å². The summed E-state index contributed by atoms with van der Waals surface area (Å²) in [7, 11) is 0. The van der Waals surface area contributed by atoms with Crippen molar-refractivity contribution in [3.63, 3.8) is 0 Å². The van der Waals surface area contributed by atoms with Crippen LogP contribution in [0.15, 0.2) is 18.2 Å². The van der Waals surface area contributed by atoms with Gasteiger partial charge in [0.05, 0.1) is 11.8 Å². The van der Waals surface area contributed by atoms with Crippen LogP contribution in [0.4, 0.5) is 5.69 Å². The van der Waals surface area contributed by atoms with Crippen molar-refractivity contribution in [2.24, 2.45) is 11.8 Å². The van der Waals surface area contributed by atoms with Gasteiger partial charge in [0.25, 0.3) is 0 Å². The molecule has 2 amide bonds. The fourth-order valence-corrected chi connectivity index (χ4v) is 3.35. The second kappa shape index (κ2) is 6.11. The number of aryl methyl sites for hydroxylation is 2. The Labute approximate surface area is 131 Å². The summed E-state index contributed by atoms with van der Waals surface area (Å²) in [5.41, 5.74) is 3.15. The molecule has 1 saturated heterocycles. The van der Waals surface area contributed by atoms with Crippen molar-refractivity contribution < 1.29 is 9.59 Å². The van der Waals surface area contributed by atoms with Gasteiger partial charge in [0.2, 0.25) is 11.8 Å². The van der Waals surface area contributed by atoms with Gasteiger partial charge in [-0.1, -0.05) is 25.1 Å². The standard InChI is InChI=1S/C18H24N2O2/c1-3-13-8-6-7-12(2)16(13)19-17(21)14-11-15(14)18(22)20-9-4-5-10-20/h6-8,14-15H,3-5,9-11H2,1-2H3,(H,19,21). The molecule has 1 saturated carbocycles. The molecular formula is C18H24N2O2. The Morgan fingerprint density at radius 1 is 1.23 bits per heavy atom. The van der Waals surface area contributed by atoms with Gasteiger partial charge in [0.15, 0.2) is 0 Å². The normalized spacial score (nSPS) is 23.5. The van der Waals surface area contributed by atoms with Crippen LogP contribution in [0.25, 0.3) is 0 Å². The quantitative estimate of drug-likeness (QED) is 0.929. The number of benzene rings is 1. The molecule has 2 atom stereocenters.